The fraction of sp³-hybridized carbons (Fsp3) is 0.900. The minimum absolute atomic E-state index is 0.0909. The monoisotopic (exact) mass is 153 g/mol. The van der Waals surface area contributed by atoms with Gasteiger partial charge in [-0.15, -0.1) is 0 Å². The highest BCUT2D eigenvalue weighted by molar-refractivity contribution is 5.17. The van der Waals surface area contributed by atoms with E-state index in [0.29, 0.717) is 11.3 Å². The van der Waals surface area contributed by atoms with Gasteiger partial charge >= 0.3 is 0 Å². The van der Waals surface area contributed by atoms with Gasteiger partial charge in [-0.1, -0.05) is 20.8 Å². The average Bonchev–Trinajstić information content (AvgIpc) is 1.93. The third-order valence-electron chi connectivity index (χ3n) is 4.05. The minimum atomic E-state index is -0.0909. The number of aliphatic hydroxyl groups is 1. The predicted octanol–water partition coefficient (Wildman–Crippen LogP) is 2.01. The van der Waals surface area contributed by atoms with Crippen LogP contribution in [0.25, 0.3) is 0 Å². The number of hydrogen-bond acceptors (Lipinski definition) is 1. The molecule has 0 aliphatic heterocycles. The van der Waals surface area contributed by atoms with Crippen LogP contribution in [0.15, 0.2) is 0 Å². The zero-order valence-electron chi connectivity index (χ0n) is 7.59. The summed E-state index contributed by atoms with van der Waals surface area (Å²) in [6, 6.07) is 0. The van der Waals surface area contributed by atoms with Crippen molar-refractivity contribution in [2.24, 2.45) is 17.3 Å². The Morgan fingerprint density at radius 3 is 2.36 bits per heavy atom. The van der Waals surface area contributed by atoms with Crippen LogP contribution in [0, 0.1) is 23.2 Å². The van der Waals surface area contributed by atoms with E-state index in [-0.39, 0.29) is 6.10 Å². The van der Waals surface area contributed by atoms with Crippen LogP contribution in [0.1, 0.15) is 33.6 Å². The molecule has 63 valence electrons. The Bertz CT molecular complexity index is 174. The number of rotatable bonds is 0. The van der Waals surface area contributed by atoms with Crippen LogP contribution < -0.4 is 0 Å². The molecule has 11 heavy (non-hydrogen) atoms. The van der Waals surface area contributed by atoms with E-state index >= 15 is 0 Å². The number of aliphatic hydroxyl groups excluding tert-OH is 1. The molecule has 3 rings (SSSR count). The van der Waals surface area contributed by atoms with Crippen LogP contribution in [0.2, 0.25) is 0 Å². The summed E-state index contributed by atoms with van der Waals surface area (Å²) in [6.07, 6.45) is 2.25. The first-order chi connectivity index (χ1) is 5.03. The molecule has 0 saturated heterocycles. The average molecular weight is 153 g/mol. The summed E-state index contributed by atoms with van der Waals surface area (Å²) in [5.41, 5.74) is 0.489. The molecule has 3 unspecified atom stereocenters. The molecule has 0 heterocycles. The molecule has 0 aromatic rings. The maximum absolute atomic E-state index is 9.57. The molecular weight excluding hydrogens is 136 g/mol. The molecule has 0 aromatic heterocycles. The fourth-order valence-corrected chi connectivity index (χ4v) is 2.88. The van der Waals surface area contributed by atoms with Crippen molar-refractivity contribution in [1.29, 1.82) is 0 Å². The standard InChI is InChI=1S/C10H17O/c1-6-8-4-7(5-9(6)11)10(8,2)3/h7-9,11H,4-5H2,1-3H3. The molecule has 3 fully saturated rings. The molecule has 0 aromatic carbocycles. The largest absolute Gasteiger partial charge is 0.393 e. The maximum Gasteiger partial charge on any atom is 0.0605 e. The summed E-state index contributed by atoms with van der Waals surface area (Å²) in [5, 5.41) is 9.57. The van der Waals surface area contributed by atoms with E-state index in [1.165, 1.54) is 12.3 Å². The Labute approximate surface area is 68.8 Å². The molecule has 0 spiro atoms. The van der Waals surface area contributed by atoms with Gasteiger partial charge in [-0.25, -0.2) is 0 Å². The van der Waals surface area contributed by atoms with E-state index in [1.807, 2.05) is 0 Å². The Balaban J connectivity index is 2.17. The van der Waals surface area contributed by atoms with Crippen molar-refractivity contribution in [3.63, 3.8) is 0 Å². The first-order valence-electron chi connectivity index (χ1n) is 4.55. The molecule has 3 atom stereocenters. The van der Waals surface area contributed by atoms with Gasteiger partial charge < -0.3 is 5.11 Å². The van der Waals surface area contributed by atoms with Gasteiger partial charge in [-0.3, -0.25) is 0 Å². The van der Waals surface area contributed by atoms with Gasteiger partial charge in [0.1, 0.15) is 0 Å². The quantitative estimate of drug-likeness (QED) is 0.564. The SMILES string of the molecule is C[C]1C(O)CC2CC1C2(C)C. The van der Waals surface area contributed by atoms with Crippen molar-refractivity contribution in [3.05, 3.63) is 5.92 Å². The van der Waals surface area contributed by atoms with Crippen LogP contribution in [0.5, 0.6) is 0 Å². The van der Waals surface area contributed by atoms with Gasteiger partial charge in [-0.2, -0.15) is 0 Å². The van der Waals surface area contributed by atoms with Crippen molar-refractivity contribution in [2.45, 2.75) is 39.7 Å². The Kier molecular flexibility index (Phi) is 1.39. The predicted molar refractivity (Wildman–Crippen MR) is 44.9 cm³/mol. The topological polar surface area (TPSA) is 20.2 Å². The highest BCUT2D eigenvalue weighted by atomic mass is 16.3. The summed E-state index contributed by atoms with van der Waals surface area (Å²) in [5.74, 6) is 2.82. The summed E-state index contributed by atoms with van der Waals surface area (Å²) >= 11 is 0. The van der Waals surface area contributed by atoms with Crippen LogP contribution in [0.4, 0.5) is 0 Å². The zero-order chi connectivity index (χ0) is 8.22. The lowest BCUT2D eigenvalue weighted by molar-refractivity contribution is -0.0935. The number of fused-ring (bicyclic) bond motifs is 2. The molecule has 3 aliphatic rings. The van der Waals surface area contributed by atoms with Gasteiger partial charge in [0.2, 0.25) is 0 Å². The fourth-order valence-electron chi connectivity index (χ4n) is 2.88. The summed E-state index contributed by atoms with van der Waals surface area (Å²) in [4.78, 5) is 0. The smallest absolute Gasteiger partial charge is 0.0605 e. The van der Waals surface area contributed by atoms with Crippen LogP contribution >= 0.6 is 0 Å². The Morgan fingerprint density at radius 2 is 2.00 bits per heavy atom. The highest BCUT2D eigenvalue weighted by Crippen LogP contribution is 2.61. The van der Waals surface area contributed by atoms with Gasteiger partial charge in [0, 0.05) is 5.92 Å². The molecule has 2 bridgehead atoms. The van der Waals surface area contributed by atoms with E-state index in [0.717, 1.165) is 12.3 Å². The van der Waals surface area contributed by atoms with Crippen molar-refractivity contribution >= 4 is 0 Å². The molecule has 1 heteroatoms. The van der Waals surface area contributed by atoms with E-state index in [2.05, 4.69) is 20.8 Å². The first kappa shape index (κ1) is 7.60. The summed E-state index contributed by atoms with van der Waals surface area (Å²) in [7, 11) is 0. The number of hydrogen-bond donors (Lipinski definition) is 1. The second-order valence-corrected chi connectivity index (χ2v) is 4.80. The van der Waals surface area contributed by atoms with Gasteiger partial charge in [0.15, 0.2) is 0 Å². The van der Waals surface area contributed by atoms with Gasteiger partial charge in [0.05, 0.1) is 6.10 Å². The van der Waals surface area contributed by atoms with Gasteiger partial charge in [0.25, 0.3) is 0 Å². The molecular formula is C10H17O. The molecule has 3 aliphatic carbocycles. The van der Waals surface area contributed by atoms with Crippen molar-refractivity contribution in [3.8, 4) is 0 Å². The Morgan fingerprint density at radius 1 is 1.36 bits per heavy atom. The van der Waals surface area contributed by atoms with Crippen molar-refractivity contribution in [2.75, 3.05) is 0 Å². The minimum Gasteiger partial charge on any atom is -0.393 e. The molecule has 3 saturated carbocycles. The lowest BCUT2D eigenvalue weighted by Crippen LogP contribution is -2.55. The van der Waals surface area contributed by atoms with Crippen molar-refractivity contribution in [1.82, 2.24) is 0 Å². The highest BCUT2D eigenvalue weighted by Gasteiger charge is 2.56. The third-order valence-corrected chi connectivity index (χ3v) is 4.05. The molecule has 1 N–H and O–H groups in total. The third kappa shape index (κ3) is 0.807. The Hall–Kier alpha value is -0.0400. The normalized spacial score (nSPS) is 48.5. The van der Waals surface area contributed by atoms with E-state index in [1.54, 1.807) is 0 Å². The van der Waals surface area contributed by atoms with Crippen LogP contribution in [-0.2, 0) is 0 Å². The van der Waals surface area contributed by atoms with E-state index in [4.69, 9.17) is 0 Å². The summed E-state index contributed by atoms with van der Waals surface area (Å²) in [6.45, 7) is 6.79. The van der Waals surface area contributed by atoms with Gasteiger partial charge in [-0.05, 0) is 30.1 Å². The van der Waals surface area contributed by atoms with E-state index < -0.39 is 0 Å². The maximum atomic E-state index is 9.57. The van der Waals surface area contributed by atoms with E-state index in [9.17, 15) is 5.11 Å². The second-order valence-electron chi connectivity index (χ2n) is 4.80. The first-order valence-corrected chi connectivity index (χ1v) is 4.55. The second kappa shape index (κ2) is 2.01. The van der Waals surface area contributed by atoms with Crippen LogP contribution in [-0.4, -0.2) is 11.2 Å². The summed E-state index contributed by atoms with van der Waals surface area (Å²) < 4.78 is 0. The van der Waals surface area contributed by atoms with Crippen molar-refractivity contribution < 1.29 is 5.11 Å². The lowest BCUT2D eigenvalue weighted by Gasteiger charge is -2.60. The zero-order valence-corrected chi connectivity index (χ0v) is 7.59. The molecule has 1 nitrogen and oxygen atoms in total. The lowest BCUT2D eigenvalue weighted by atomic mass is 9.45. The molecule has 0 amide bonds. The molecule has 1 radical (unpaired) electrons. The van der Waals surface area contributed by atoms with Crippen LogP contribution in [0.3, 0.4) is 0 Å².